The summed E-state index contributed by atoms with van der Waals surface area (Å²) in [5, 5.41) is 6.90. The van der Waals surface area contributed by atoms with E-state index in [1.165, 1.54) is 11.1 Å². The van der Waals surface area contributed by atoms with Crippen LogP contribution in [0.15, 0.2) is 29.3 Å². The van der Waals surface area contributed by atoms with Gasteiger partial charge in [-0.3, -0.25) is 9.79 Å². The summed E-state index contributed by atoms with van der Waals surface area (Å²) < 4.78 is 0. The fourth-order valence-electron chi connectivity index (χ4n) is 4.10. The van der Waals surface area contributed by atoms with Crippen LogP contribution in [0.25, 0.3) is 0 Å². The number of carbonyl (C=O) groups is 1. The second-order valence-electron chi connectivity index (χ2n) is 9.19. The Bertz CT molecular complexity index is 684. The summed E-state index contributed by atoms with van der Waals surface area (Å²) in [6.45, 7) is 13.5. The van der Waals surface area contributed by atoms with Gasteiger partial charge < -0.3 is 21.3 Å². The van der Waals surface area contributed by atoms with Gasteiger partial charge in [0.25, 0.3) is 0 Å². The summed E-state index contributed by atoms with van der Waals surface area (Å²) in [6, 6.07) is 9.13. The van der Waals surface area contributed by atoms with Crippen molar-refractivity contribution in [2.75, 3.05) is 32.7 Å². The maximum absolute atomic E-state index is 11.3. The molecule has 1 saturated heterocycles. The lowest BCUT2D eigenvalue weighted by Crippen LogP contribution is -2.39. The van der Waals surface area contributed by atoms with E-state index in [-0.39, 0.29) is 41.8 Å². The lowest BCUT2D eigenvalue weighted by Gasteiger charge is -2.30. The molecule has 1 aliphatic rings. The lowest BCUT2D eigenvalue weighted by molar-refractivity contribution is -0.123. The first-order valence-electron chi connectivity index (χ1n) is 12.0. The molecule has 7 heteroatoms. The highest BCUT2D eigenvalue weighted by Gasteiger charge is 2.22. The molecular weight excluding hydrogens is 513 g/mol. The number of likely N-dealkylation sites (tertiary alicyclic amines) is 1. The minimum Gasteiger partial charge on any atom is -0.369 e. The number of nitrogens with one attached hydrogen (secondary N) is 2. The minimum absolute atomic E-state index is 0. The van der Waals surface area contributed by atoms with E-state index < -0.39 is 0 Å². The van der Waals surface area contributed by atoms with E-state index in [0.29, 0.717) is 5.92 Å². The first-order chi connectivity index (χ1) is 14.9. The van der Waals surface area contributed by atoms with Crippen molar-refractivity contribution in [3.63, 3.8) is 0 Å². The summed E-state index contributed by atoms with van der Waals surface area (Å²) in [7, 11) is 0. The van der Waals surface area contributed by atoms with Crippen molar-refractivity contribution in [2.24, 2.45) is 22.6 Å². The molecule has 0 aliphatic carbocycles. The Hall–Kier alpha value is -1.35. The molecule has 4 N–H and O–H groups in total. The summed E-state index contributed by atoms with van der Waals surface area (Å²) in [6.07, 6.45) is 5.10. The van der Waals surface area contributed by atoms with E-state index in [1.807, 2.05) is 0 Å². The van der Waals surface area contributed by atoms with Crippen molar-refractivity contribution >= 4 is 35.8 Å². The largest absolute Gasteiger partial charge is 0.369 e. The van der Waals surface area contributed by atoms with Gasteiger partial charge in [0.2, 0.25) is 5.91 Å². The number of halogens is 1. The Balaban J connectivity index is 0.00000512. The average molecular weight is 558 g/mol. The molecule has 0 saturated carbocycles. The highest BCUT2D eigenvalue weighted by molar-refractivity contribution is 14.0. The van der Waals surface area contributed by atoms with Crippen LogP contribution in [0.3, 0.4) is 0 Å². The first kappa shape index (κ1) is 28.7. The van der Waals surface area contributed by atoms with Crippen molar-refractivity contribution in [1.82, 2.24) is 15.5 Å². The molecular formula is C25H44IN5O. The molecule has 1 aromatic carbocycles. The van der Waals surface area contributed by atoms with Crippen molar-refractivity contribution in [3.8, 4) is 0 Å². The van der Waals surface area contributed by atoms with Crippen LogP contribution in [0.4, 0.5) is 0 Å². The number of nitrogens with zero attached hydrogens (tertiary/aromatic N) is 2. The predicted octanol–water partition coefficient (Wildman–Crippen LogP) is 4.10. The molecule has 0 bridgehead atoms. The second kappa shape index (κ2) is 15.5. The van der Waals surface area contributed by atoms with Crippen molar-refractivity contribution in [3.05, 3.63) is 35.4 Å². The number of aliphatic imine (C=N–C) groups is 1. The van der Waals surface area contributed by atoms with Crippen molar-refractivity contribution in [2.45, 2.75) is 65.8 Å². The van der Waals surface area contributed by atoms with E-state index in [9.17, 15) is 4.79 Å². The third-order valence-electron chi connectivity index (χ3n) is 5.96. The third-order valence-corrected chi connectivity index (χ3v) is 5.96. The summed E-state index contributed by atoms with van der Waals surface area (Å²) in [4.78, 5) is 18.5. The van der Waals surface area contributed by atoms with E-state index >= 15 is 0 Å². The van der Waals surface area contributed by atoms with Crippen LogP contribution in [0.2, 0.25) is 0 Å². The molecule has 0 aromatic heterocycles. The number of carbonyl (C=O) groups excluding carboxylic acids is 1. The van der Waals surface area contributed by atoms with Gasteiger partial charge in [-0.05, 0) is 82.6 Å². The van der Waals surface area contributed by atoms with Crippen molar-refractivity contribution in [1.29, 1.82) is 0 Å². The molecule has 2 rings (SSSR count). The van der Waals surface area contributed by atoms with E-state index in [0.717, 1.165) is 70.8 Å². The first-order valence-corrected chi connectivity index (χ1v) is 12.0. The van der Waals surface area contributed by atoms with E-state index in [4.69, 9.17) is 10.7 Å². The smallest absolute Gasteiger partial charge is 0.220 e. The van der Waals surface area contributed by atoms with Gasteiger partial charge in [0.05, 0.1) is 6.04 Å². The monoisotopic (exact) mass is 557 g/mol. The molecule has 1 unspecified atom stereocenters. The zero-order valence-corrected chi connectivity index (χ0v) is 22.7. The molecule has 1 aliphatic heterocycles. The van der Waals surface area contributed by atoms with Crippen molar-refractivity contribution < 1.29 is 4.79 Å². The highest BCUT2D eigenvalue weighted by Crippen LogP contribution is 2.17. The molecule has 182 valence electrons. The SMILES string of the molecule is CCNC(=NCCCCN1CCC(C(N)=O)CC1)NC(C)c1ccc(CC(C)C)cc1.I. The fraction of sp³-hybridized carbons (Fsp3) is 0.680. The Morgan fingerprint density at radius 1 is 1.16 bits per heavy atom. The van der Waals surface area contributed by atoms with Crippen LogP contribution in [-0.2, 0) is 11.2 Å². The standard InChI is InChI=1S/C25H43N5O.HI/c1-5-27-25(29-20(4)22-10-8-21(9-11-22)18-19(2)3)28-14-6-7-15-30-16-12-23(13-17-30)24(26)31;/h8-11,19-20,23H,5-7,12-18H2,1-4H3,(H2,26,31)(H2,27,28,29);1H. The van der Waals surface area contributed by atoms with Gasteiger partial charge in [0.15, 0.2) is 5.96 Å². The van der Waals surface area contributed by atoms with Crippen LogP contribution >= 0.6 is 24.0 Å². The number of piperidine rings is 1. The zero-order chi connectivity index (χ0) is 22.6. The molecule has 32 heavy (non-hydrogen) atoms. The average Bonchev–Trinajstić information content (AvgIpc) is 2.74. The zero-order valence-electron chi connectivity index (χ0n) is 20.4. The van der Waals surface area contributed by atoms with Gasteiger partial charge in [-0.1, -0.05) is 38.1 Å². The summed E-state index contributed by atoms with van der Waals surface area (Å²) in [5.41, 5.74) is 8.09. The number of hydrogen-bond donors (Lipinski definition) is 3. The minimum atomic E-state index is -0.141. The Morgan fingerprint density at radius 2 is 1.81 bits per heavy atom. The number of nitrogens with two attached hydrogens (primary N) is 1. The van der Waals surface area contributed by atoms with Gasteiger partial charge >= 0.3 is 0 Å². The van der Waals surface area contributed by atoms with Gasteiger partial charge in [-0.15, -0.1) is 24.0 Å². The van der Waals surface area contributed by atoms with Gasteiger partial charge in [-0.25, -0.2) is 0 Å². The van der Waals surface area contributed by atoms with Crippen LogP contribution in [0.1, 0.15) is 70.5 Å². The quantitative estimate of drug-likeness (QED) is 0.166. The van der Waals surface area contributed by atoms with Crippen LogP contribution in [0, 0.1) is 11.8 Å². The molecule has 1 fully saturated rings. The third kappa shape index (κ3) is 10.5. The summed E-state index contributed by atoms with van der Waals surface area (Å²) in [5.74, 6) is 1.49. The Morgan fingerprint density at radius 3 is 2.38 bits per heavy atom. The number of benzene rings is 1. The number of rotatable bonds is 11. The highest BCUT2D eigenvalue weighted by atomic mass is 127. The van der Waals surface area contributed by atoms with E-state index in [2.05, 4.69) is 67.5 Å². The Labute approximate surface area is 212 Å². The molecule has 1 aromatic rings. The van der Waals surface area contributed by atoms with E-state index in [1.54, 1.807) is 0 Å². The molecule has 1 amide bonds. The lowest BCUT2D eigenvalue weighted by atomic mass is 9.96. The molecule has 1 heterocycles. The number of hydrogen-bond acceptors (Lipinski definition) is 3. The summed E-state index contributed by atoms with van der Waals surface area (Å²) >= 11 is 0. The molecule has 0 radical (unpaired) electrons. The number of guanidine groups is 1. The van der Waals surface area contributed by atoms with Crippen LogP contribution in [0.5, 0.6) is 0 Å². The second-order valence-corrected chi connectivity index (χ2v) is 9.19. The maximum atomic E-state index is 11.3. The molecule has 1 atom stereocenters. The predicted molar refractivity (Wildman–Crippen MR) is 146 cm³/mol. The topological polar surface area (TPSA) is 82.8 Å². The Kier molecular flexibility index (Phi) is 13.9. The van der Waals surface area contributed by atoms with Gasteiger partial charge in [0.1, 0.15) is 0 Å². The maximum Gasteiger partial charge on any atom is 0.220 e. The molecule has 0 spiro atoms. The number of amides is 1. The molecule has 6 nitrogen and oxygen atoms in total. The van der Waals surface area contributed by atoms with Crippen LogP contribution in [-0.4, -0.2) is 49.5 Å². The van der Waals surface area contributed by atoms with Gasteiger partial charge in [0, 0.05) is 19.0 Å². The van der Waals surface area contributed by atoms with Crippen LogP contribution < -0.4 is 16.4 Å². The van der Waals surface area contributed by atoms with Gasteiger partial charge in [-0.2, -0.15) is 0 Å². The normalized spacial score (nSPS) is 16.5. The number of primary amides is 1. The fourth-order valence-corrected chi connectivity index (χ4v) is 4.10. The number of unbranched alkanes of at least 4 members (excludes halogenated alkanes) is 1.